The van der Waals surface area contributed by atoms with Crippen LogP contribution >= 0.6 is 0 Å². The molecular formula is C15H21NO4. The van der Waals surface area contributed by atoms with Gasteiger partial charge in [-0.1, -0.05) is 18.2 Å². The van der Waals surface area contributed by atoms with Gasteiger partial charge in [0.1, 0.15) is 12.5 Å². The number of fused-ring (bicyclic) bond motifs is 1. The molecule has 1 N–H and O–H groups in total. The Balaban J connectivity index is 1.66. The molecule has 5 heteroatoms. The number of para-hydroxylation sites is 1. The molecule has 0 radical (unpaired) electrons. The third kappa shape index (κ3) is 3.95. The van der Waals surface area contributed by atoms with Crippen LogP contribution in [0.3, 0.4) is 0 Å². The minimum atomic E-state index is -0.209. The molecule has 110 valence electrons. The third-order valence-electron chi connectivity index (χ3n) is 3.23. The van der Waals surface area contributed by atoms with Crippen LogP contribution in [0, 0.1) is 0 Å². The van der Waals surface area contributed by atoms with Gasteiger partial charge >= 0.3 is 5.97 Å². The summed E-state index contributed by atoms with van der Waals surface area (Å²) in [7, 11) is 1.66. The van der Waals surface area contributed by atoms with Gasteiger partial charge in [-0.05, 0) is 18.1 Å². The van der Waals surface area contributed by atoms with Gasteiger partial charge in [-0.15, -0.1) is 0 Å². The SMILES string of the molecule is COCCCOCCOC(=O)C1CNc2ccccc21. The van der Waals surface area contributed by atoms with Crippen LogP contribution in [0.15, 0.2) is 24.3 Å². The van der Waals surface area contributed by atoms with Gasteiger partial charge in [0, 0.05) is 32.6 Å². The normalized spacial score (nSPS) is 16.6. The second-order valence-corrected chi connectivity index (χ2v) is 4.65. The molecule has 0 spiro atoms. The Hall–Kier alpha value is -1.59. The van der Waals surface area contributed by atoms with Crippen LogP contribution in [0.1, 0.15) is 17.9 Å². The monoisotopic (exact) mass is 279 g/mol. The fourth-order valence-electron chi connectivity index (χ4n) is 2.20. The van der Waals surface area contributed by atoms with E-state index >= 15 is 0 Å². The van der Waals surface area contributed by atoms with Gasteiger partial charge in [0.25, 0.3) is 0 Å². The van der Waals surface area contributed by atoms with Crippen molar-refractivity contribution >= 4 is 11.7 Å². The fourth-order valence-corrected chi connectivity index (χ4v) is 2.20. The van der Waals surface area contributed by atoms with Crippen molar-refractivity contribution in [1.82, 2.24) is 0 Å². The molecule has 5 nitrogen and oxygen atoms in total. The fraction of sp³-hybridized carbons (Fsp3) is 0.533. The van der Waals surface area contributed by atoms with Crippen LogP contribution in [0.4, 0.5) is 5.69 Å². The Bertz CT molecular complexity index is 436. The van der Waals surface area contributed by atoms with Crippen molar-refractivity contribution in [2.45, 2.75) is 12.3 Å². The Morgan fingerprint density at radius 2 is 2.10 bits per heavy atom. The molecular weight excluding hydrogens is 258 g/mol. The molecule has 0 fully saturated rings. The minimum Gasteiger partial charge on any atom is -0.463 e. The van der Waals surface area contributed by atoms with E-state index in [-0.39, 0.29) is 11.9 Å². The number of anilines is 1. The van der Waals surface area contributed by atoms with E-state index in [1.165, 1.54) is 0 Å². The maximum Gasteiger partial charge on any atom is 0.315 e. The first kappa shape index (κ1) is 14.8. The van der Waals surface area contributed by atoms with Crippen molar-refractivity contribution in [2.24, 2.45) is 0 Å². The molecule has 1 atom stereocenters. The Morgan fingerprint density at radius 3 is 2.95 bits per heavy atom. The van der Waals surface area contributed by atoms with Crippen molar-refractivity contribution in [2.75, 3.05) is 45.4 Å². The number of hydrogen-bond acceptors (Lipinski definition) is 5. The summed E-state index contributed by atoms with van der Waals surface area (Å²) in [6.07, 6.45) is 0.852. The number of carbonyl (C=O) groups excluding carboxylic acids is 1. The van der Waals surface area contributed by atoms with Gasteiger partial charge in [0.15, 0.2) is 0 Å². The highest BCUT2D eigenvalue weighted by Crippen LogP contribution is 2.31. The summed E-state index contributed by atoms with van der Waals surface area (Å²) in [5.41, 5.74) is 2.03. The van der Waals surface area contributed by atoms with Crippen LogP contribution < -0.4 is 5.32 Å². The first-order valence-corrected chi connectivity index (χ1v) is 6.89. The van der Waals surface area contributed by atoms with E-state index < -0.39 is 0 Å². The van der Waals surface area contributed by atoms with Crippen molar-refractivity contribution < 1.29 is 19.0 Å². The predicted octanol–water partition coefficient (Wildman–Crippen LogP) is 1.79. The Kier molecular flexibility index (Phi) is 5.83. The minimum absolute atomic E-state index is 0.192. The van der Waals surface area contributed by atoms with E-state index in [1.807, 2.05) is 24.3 Å². The second kappa shape index (κ2) is 7.87. The number of ether oxygens (including phenoxy) is 3. The number of carbonyl (C=O) groups is 1. The van der Waals surface area contributed by atoms with E-state index in [2.05, 4.69) is 5.32 Å². The van der Waals surface area contributed by atoms with Gasteiger partial charge in [-0.25, -0.2) is 0 Å². The molecule has 0 aromatic heterocycles. The number of nitrogens with one attached hydrogen (secondary N) is 1. The van der Waals surface area contributed by atoms with Crippen molar-refractivity contribution in [3.63, 3.8) is 0 Å². The summed E-state index contributed by atoms with van der Waals surface area (Å²) < 4.78 is 15.5. The van der Waals surface area contributed by atoms with E-state index in [0.717, 1.165) is 17.7 Å². The molecule has 1 aliphatic heterocycles. The Morgan fingerprint density at radius 1 is 1.25 bits per heavy atom. The molecule has 0 aliphatic carbocycles. The van der Waals surface area contributed by atoms with Crippen LogP contribution in [0.5, 0.6) is 0 Å². The standard InChI is InChI=1S/C15H21NO4/c1-18-7-4-8-19-9-10-20-15(17)13-11-16-14-6-3-2-5-12(13)14/h2-3,5-6,13,16H,4,7-11H2,1H3. The summed E-state index contributed by atoms with van der Waals surface area (Å²) in [4.78, 5) is 12.0. The lowest BCUT2D eigenvalue weighted by molar-refractivity contribution is -0.146. The molecule has 1 unspecified atom stereocenters. The molecule has 2 rings (SSSR count). The van der Waals surface area contributed by atoms with Crippen LogP contribution in [0.25, 0.3) is 0 Å². The topological polar surface area (TPSA) is 56.8 Å². The van der Waals surface area contributed by atoms with Gasteiger partial charge < -0.3 is 19.5 Å². The quantitative estimate of drug-likeness (QED) is 0.581. The first-order chi connectivity index (χ1) is 9.83. The number of esters is 1. The lowest BCUT2D eigenvalue weighted by Gasteiger charge is -2.10. The number of benzene rings is 1. The van der Waals surface area contributed by atoms with E-state index in [9.17, 15) is 4.79 Å². The molecule has 20 heavy (non-hydrogen) atoms. The highest BCUT2D eigenvalue weighted by molar-refractivity contribution is 5.83. The van der Waals surface area contributed by atoms with Gasteiger partial charge in [0.2, 0.25) is 0 Å². The highest BCUT2D eigenvalue weighted by atomic mass is 16.6. The maximum atomic E-state index is 12.0. The molecule has 0 saturated heterocycles. The van der Waals surface area contributed by atoms with Crippen molar-refractivity contribution in [1.29, 1.82) is 0 Å². The van der Waals surface area contributed by atoms with Crippen molar-refractivity contribution in [3.05, 3.63) is 29.8 Å². The molecule has 1 aromatic carbocycles. The van der Waals surface area contributed by atoms with Gasteiger partial charge in [-0.3, -0.25) is 4.79 Å². The zero-order valence-electron chi connectivity index (χ0n) is 11.8. The van der Waals surface area contributed by atoms with Crippen LogP contribution in [-0.4, -0.2) is 46.1 Å². The first-order valence-electron chi connectivity index (χ1n) is 6.89. The van der Waals surface area contributed by atoms with Crippen LogP contribution in [0.2, 0.25) is 0 Å². The lowest BCUT2D eigenvalue weighted by Crippen LogP contribution is -2.20. The van der Waals surface area contributed by atoms with Gasteiger partial charge in [-0.2, -0.15) is 0 Å². The zero-order valence-corrected chi connectivity index (χ0v) is 11.8. The van der Waals surface area contributed by atoms with E-state index in [4.69, 9.17) is 14.2 Å². The molecule has 1 aliphatic rings. The number of methoxy groups -OCH3 is 1. The second-order valence-electron chi connectivity index (χ2n) is 4.65. The largest absolute Gasteiger partial charge is 0.463 e. The average molecular weight is 279 g/mol. The zero-order chi connectivity index (χ0) is 14.2. The number of rotatable bonds is 8. The molecule has 0 amide bonds. The average Bonchev–Trinajstić information content (AvgIpc) is 2.90. The molecule has 0 bridgehead atoms. The molecule has 0 saturated carbocycles. The van der Waals surface area contributed by atoms with E-state index in [1.54, 1.807) is 7.11 Å². The maximum absolute atomic E-state index is 12.0. The summed E-state index contributed by atoms with van der Waals surface area (Å²) in [6.45, 7) is 2.64. The highest BCUT2D eigenvalue weighted by Gasteiger charge is 2.29. The molecule has 1 aromatic rings. The summed E-state index contributed by atoms with van der Waals surface area (Å²) in [6, 6.07) is 7.82. The lowest BCUT2D eigenvalue weighted by atomic mass is 10.0. The summed E-state index contributed by atoms with van der Waals surface area (Å²) in [5, 5.41) is 3.21. The smallest absolute Gasteiger partial charge is 0.315 e. The Labute approximate surface area is 119 Å². The summed E-state index contributed by atoms with van der Waals surface area (Å²) >= 11 is 0. The van der Waals surface area contributed by atoms with Gasteiger partial charge in [0.05, 0.1) is 6.61 Å². The third-order valence-corrected chi connectivity index (χ3v) is 3.23. The van der Waals surface area contributed by atoms with Crippen molar-refractivity contribution in [3.8, 4) is 0 Å². The summed E-state index contributed by atoms with van der Waals surface area (Å²) in [5.74, 6) is -0.400. The predicted molar refractivity (Wildman–Crippen MR) is 75.9 cm³/mol. The van der Waals surface area contributed by atoms with Crippen LogP contribution in [-0.2, 0) is 19.0 Å². The molecule has 1 heterocycles. The number of hydrogen-bond donors (Lipinski definition) is 1. The van der Waals surface area contributed by atoms with E-state index in [0.29, 0.717) is 33.0 Å².